The van der Waals surface area contributed by atoms with E-state index in [2.05, 4.69) is 31.9 Å². The first-order valence-corrected chi connectivity index (χ1v) is 8.57. The van der Waals surface area contributed by atoms with Crippen LogP contribution < -0.4 is 0 Å². The fraction of sp³-hybridized carbons (Fsp3) is 0.500. The van der Waals surface area contributed by atoms with Crippen molar-refractivity contribution in [2.45, 2.75) is 31.7 Å². The smallest absolute Gasteiger partial charge is 0.255 e. The van der Waals surface area contributed by atoms with Crippen molar-refractivity contribution in [1.82, 2.24) is 4.90 Å². The van der Waals surface area contributed by atoms with Gasteiger partial charge in [-0.1, -0.05) is 15.9 Å². The zero-order valence-corrected chi connectivity index (χ0v) is 14.5. The Morgan fingerprint density at radius 2 is 2.21 bits per heavy atom. The average Bonchev–Trinajstić information content (AvgIpc) is 2.86. The van der Waals surface area contributed by atoms with Crippen LogP contribution in [0, 0.1) is 0 Å². The van der Waals surface area contributed by atoms with Crippen molar-refractivity contribution in [2.75, 3.05) is 12.4 Å². The third-order valence-corrected chi connectivity index (χ3v) is 4.92. The molecule has 19 heavy (non-hydrogen) atoms. The number of benzene rings is 1. The summed E-state index contributed by atoms with van der Waals surface area (Å²) in [4.78, 5) is 14.6. The first-order chi connectivity index (χ1) is 9.13. The molecule has 1 atom stereocenters. The molecule has 0 saturated carbocycles. The Labute approximate surface area is 135 Å². The number of halogens is 3. The van der Waals surface area contributed by atoms with Crippen LogP contribution in [0.4, 0.5) is 0 Å². The number of nitrogens with zero attached hydrogens (tertiary/aromatic N) is 1. The highest BCUT2D eigenvalue weighted by Crippen LogP contribution is 2.28. The molecule has 1 saturated heterocycles. The maximum atomic E-state index is 12.6. The van der Waals surface area contributed by atoms with Gasteiger partial charge in [0.05, 0.1) is 5.56 Å². The normalized spacial score (nSPS) is 18.9. The predicted molar refractivity (Wildman–Crippen MR) is 85.9 cm³/mol. The number of amides is 1. The molecule has 1 aliphatic rings. The van der Waals surface area contributed by atoms with Crippen LogP contribution in [0.3, 0.4) is 0 Å². The van der Waals surface area contributed by atoms with Crippen LogP contribution in [0.15, 0.2) is 27.1 Å². The molecular formula is C14H16Br2ClNO. The van der Waals surface area contributed by atoms with Crippen molar-refractivity contribution in [3.8, 4) is 0 Å². The van der Waals surface area contributed by atoms with Crippen molar-refractivity contribution in [3.63, 3.8) is 0 Å². The average molecular weight is 410 g/mol. The molecule has 2 nitrogen and oxygen atoms in total. The second-order valence-corrected chi connectivity index (χ2v) is 6.90. The lowest BCUT2D eigenvalue weighted by molar-refractivity contribution is 0.0729. The number of carbonyl (C=O) groups is 1. The monoisotopic (exact) mass is 407 g/mol. The molecule has 5 heteroatoms. The molecule has 1 aliphatic heterocycles. The molecule has 1 unspecified atom stereocenters. The van der Waals surface area contributed by atoms with Crippen molar-refractivity contribution in [1.29, 1.82) is 0 Å². The minimum absolute atomic E-state index is 0.116. The molecule has 2 rings (SSSR count). The molecule has 0 N–H and O–H groups in total. The summed E-state index contributed by atoms with van der Waals surface area (Å²) in [7, 11) is 0. The summed E-state index contributed by atoms with van der Waals surface area (Å²) in [5.41, 5.74) is 0.729. The third-order valence-electron chi connectivity index (χ3n) is 3.47. The van der Waals surface area contributed by atoms with E-state index < -0.39 is 0 Å². The first-order valence-electron chi connectivity index (χ1n) is 6.45. The van der Waals surface area contributed by atoms with Gasteiger partial charge in [0.2, 0.25) is 0 Å². The van der Waals surface area contributed by atoms with E-state index in [0.29, 0.717) is 11.9 Å². The highest BCUT2D eigenvalue weighted by Gasteiger charge is 2.29. The van der Waals surface area contributed by atoms with Crippen LogP contribution in [0.2, 0.25) is 0 Å². The van der Waals surface area contributed by atoms with Gasteiger partial charge < -0.3 is 4.90 Å². The van der Waals surface area contributed by atoms with E-state index in [-0.39, 0.29) is 5.91 Å². The number of hydrogen-bond donors (Lipinski definition) is 0. The van der Waals surface area contributed by atoms with Crippen LogP contribution in [0.5, 0.6) is 0 Å². The van der Waals surface area contributed by atoms with Crippen LogP contribution >= 0.6 is 43.5 Å². The van der Waals surface area contributed by atoms with Gasteiger partial charge in [0, 0.05) is 27.4 Å². The molecular weight excluding hydrogens is 393 g/mol. The lowest BCUT2D eigenvalue weighted by Crippen LogP contribution is -2.35. The maximum absolute atomic E-state index is 12.6. The quantitative estimate of drug-likeness (QED) is 0.652. The number of hydrogen-bond acceptors (Lipinski definition) is 1. The highest BCUT2D eigenvalue weighted by atomic mass is 79.9. The van der Waals surface area contributed by atoms with E-state index in [9.17, 15) is 4.79 Å². The van der Waals surface area contributed by atoms with Gasteiger partial charge in [-0.05, 0) is 59.8 Å². The molecule has 1 aromatic rings. The van der Waals surface area contributed by atoms with E-state index in [1.165, 1.54) is 0 Å². The number of carbonyl (C=O) groups excluding carboxylic acids is 1. The van der Waals surface area contributed by atoms with Crippen LogP contribution in [-0.2, 0) is 0 Å². The zero-order chi connectivity index (χ0) is 13.8. The fourth-order valence-corrected chi connectivity index (χ4v) is 3.46. The summed E-state index contributed by atoms with van der Waals surface area (Å²) in [5, 5.41) is 0. The summed E-state index contributed by atoms with van der Waals surface area (Å²) in [5.74, 6) is 0.782. The van der Waals surface area contributed by atoms with Gasteiger partial charge in [0.25, 0.3) is 5.91 Å². The second kappa shape index (κ2) is 7.09. The summed E-state index contributed by atoms with van der Waals surface area (Å²) in [6, 6.07) is 6.05. The van der Waals surface area contributed by atoms with E-state index >= 15 is 0 Å². The van der Waals surface area contributed by atoms with Crippen molar-refractivity contribution >= 4 is 49.4 Å². The zero-order valence-electron chi connectivity index (χ0n) is 10.5. The molecule has 1 fully saturated rings. The van der Waals surface area contributed by atoms with Crippen LogP contribution in [0.25, 0.3) is 0 Å². The molecule has 0 aliphatic carbocycles. The Balaban J connectivity index is 2.16. The van der Waals surface area contributed by atoms with Gasteiger partial charge in [0.1, 0.15) is 0 Å². The second-order valence-electron chi connectivity index (χ2n) is 4.75. The Kier molecular flexibility index (Phi) is 5.72. The Morgan fingerprint density at radius 3 is 2.95 bits per heavy atom. The molecule has 0 spiro atoms. The van der Waals surface area contributed by atoms with E-state index in [0.717, 1.165) is 46.7 Å². The van der Waals surface area contributed by atoms with Gasteiger partial charge in [0.15, 0.2) is 0 Å². The Morgan fingerprint density at radius 1 is 1.42 bits per heavy atom. The molecule has 0 radical (unpaired) electrons. The van der Waals surface area contributed by atoms with Gasteiger partial charge in [-0.2, -0.15) is 0 Å². The molecule has 0 bridgehead atoms. The highest BCUT2D eigenvalue weighted by molar-refractivity contribution is 9.11. The minimum atomic E-state index is 0.116. The number of rotatable bonds is 4. The van der Waals surface area contributed by atoms with Gasteiger partial charge in [-0.25, -0.2) is 0 Å². The van der Waals surface area contributed by atoms with Crippen molar-refractivity contribution in [3.05, 3.63) is 32.7 Å². The molecule has 0 aromatic heterocycles. The molecule has 104 valence electrons. The third kappa shape index (κ3) is 3.73. The molecule has 1 amide bonds. The predicted octanol–water partition coefficient (Wildman–Crippen LogP) is 4.84. The molecule has 1 aromatic carbocycles. The summed E-state index contributed by atoms with van der Waals surface area (Å²) < 4.78 is 1.78. The van der Waals surface area contributed by atoms with Crippen LogP contribution in [0.1, 0.15) is 36.0 Å². The van der Waals surface area contributed by atoms with E-state index in [1.54, 1.807) is 0 Å². The van der Waals surface area contributed by atoms with E-state index in [1.807, 2.05) is 23.1 Å². The van der Waals surface area contributed by atoms with E-state index in [4.69, 9.17) is 11.6 Å². The molecule has 1 heterocycles. The standard InChI is InChI=1S/C14H16Br2ClNO/c15-10-5-6-13(16)12(9-10)14(19)18-8-2-4-11(18)3-1-7-17/h5-6,9,11H,1-4,7-8H2. The fourth-order valence-electron chi connectivity index (χ4n) is 2.53. The number of alkyl halides is 1. The summed E-state index contributed by atoms with van der Waals surface area (Å²) in [6.45, 7) is 0.852. The van der Waals surface area contributed by atoms with Gasteiger partial charge in [-0.3, -0.25) is 4.79 Å². The summed E-state index contributed by atoms with van der Waals surface area (Å²) in [6.07, 6.45) is 4.15. The maximum Gasteiger partial charge on any atom is 0.255 e. The Bertz CT molecular complexity index is 467. The largest absolute Gasteiger partial charge is 0.336 e. The minimum Gasteiger partial charge on any atom is -0.336 e. The van der Waals surface area contributed by atoms with Crippen molar-refractivity contribution < 1.29 is 4.79 Å². The van der Waals surface area contributed by atoms with Crippen molar-refractivity contribution in [2.24, 2.45) is 0 Å². The summed E-state index contributed by atoms with van der Waals surface area (Å²) >= 11 is 12.6. The lowest BCUT2D eigenvalue weighted by Gasteiger charge is -2.25. The lowest BCUT2D eigenvalue weighted by atomic mass is 10.1. The number of likely N-dealkylation sites (tertiary alicyclic amines) is 1. The van der Waals surface area contributed by atoms with Gasteiger partial charge in [-0.15, -0.1) is 11.6 Å². The van der Waals surface area contributed by atoms with Gasteiger partial charge >= 0.3 is 0 Å². The van der Waals surface area contributed by atoms with Crippen LogP contribution in [-0.4, -0.2) is 29.3 Å². The first kappa shape index (κ1) is 15.3. The Hall–Kier alpha value is -0.0600. The topological polar surface area (TPSA) is 20.3 Å². The SMILES string of the molecule is O=C(c1cc(Br)ccc1Br)N1CCCC1CCCCl.